The minimum absolute atomic E-state index is 0. The third-order valence-corrected chi connectivity index (χ3v) is 3.48. The molecule has 1 aliphatic heterocycles. The fourth-order valence-corrected chi connectivity index (χ4v) is 2.33. The van der Waals surface area contributed by atoms with E-state index in [0.29, 0.717) is 23.5 Å². The molecule has 0 atom stereocenters. The van der Waals surface area contributed by atoms with E-state index in [1.165, 1.54) is 0 Å². The molecular formula is C17H20ClN3O2. The number of para-hydroxylation sites is 3. The number of hydrogen-bond acceptors (Lipinski definition) is 4. The molecule has 6 heteroatoms. The number of carbonyl (C=O) groups excluding carboxylic acids is 1. The predicted octanol–water partition coefficient (Wildman–Crippen LogP) is 3.25. The average Bonchev–Trinajstić information content (AvgIpc) is 2.51. The van der Waals surface area contributed by atoms with Crippen molar-refractivity contribution >= 4 is 29.7 Å². The zero-order chi connectivity index (χ0) is 15.5. The number of nitrogens with zero attached hydrogens (tertiary/aromatic N) is 1. The first-order valence-corrected chi connectivity index (χ1v) is 7.25. The average molecular weight is 334 g/mol. The number of nitrogens with one attached hydrogen (secondary N) is 2. The smallest absolute Gasteiger partial charge is 0.253 e. The predicted molar refractivity (Wildman–Crippen MR) is 94.4 cm³/mol. The lowest BCUT2D eigenvalue weighted by molar-refractivity contribution is 0.0951. The highest BCUT2D eigenvalue weighted by atomic mass is 35.5. The van der Waals surface area contributed by atoms with Crippen LogP contribution in [0.5, 0.6) is 11.5 Å². The number of carbonyl (C=O) groups is 1. The summed E-state index contributed by atoms with van der Waals surface area (Å²) >= 11 is 0. The Morgan fingerprint density at radius 2 is 1.87 bits per heavy atom. The van der Waals surface area contributed by atoms with Crippen LogP contribution in [-0.4, -0.2) is 38.0 Å². The molecule has 0 radical (unpaired) electrons. The van der Waals surface area contributed by atoms with Gasteiger partial charge in [0.1, 0.15) is 0 Å². The molecule has 1 heterocycles. The van der Waals surface area contributed by atoms with Crippen LogP contribution in [0.1, 0.15) is 10.4 Å². The Balaban J connectivity index is 0.00000192. The van der Waals surface area contributed by atoms with Crippen LogP contribution in [0.4, 0.5) is 11.4 Å². The van der Waals surface area contributed by atoms with Crippen LogP contribution >= 0.6 is 12.4 Å². The van der Waals surface area contributed by atoms with Gasteiger partial charge in [0.2, 0.25) is 0 Å². The van der Waals surface area contributed by atoms with Gasteiger partial charge < -0.3 is 20.3 Å². The van der Waals surface area contributed by atoms with E-state index in [2.05, 4.69) is 10.6 Å². The molecular weight excluding hydrogens is 314 g/mol. The van der Waals surface area contributed by atoms with Crippen LogP contribution in [0.3, 0.4) is 0 Å². The Kier molecular flexibility index (Phi) is 5.47. The lowest BCUT2D eigenvalue weighted by Crippen LogP contribution is -2.31. The molecule has 0 fully saturated rings. The number of hydrogen-bond donors (Lipinski definition) is 2. The first-order chi connectivity index (χ1) is 10.6. The van der Waals surface area contributed by atoms with Crippen molar-refractivity contribution in [1.82, 2.24) is 10.2 Å². The molecule has 0 saturated carbocycles. The molecule has 0 aromatic heterocycles. The van der Waals surface area contributed by atoms with Crippen LogP contribution in [-0.2, 0) is 0 Å². The summed E-state index contributed by atoms with van der Waals surface area (Å²) < 4.78 is 5.86. The number of rotatable bonds is 4. The van der Waals surface area contributed by atoms with E-state index in [1.54, 1.807) is 6.07 Å². The first-order valence-electron chi connectivity index (χ1n) is 7.25. The van der Waals surface area contributed by atoms with Crippen molar-refractivity contribution in [3.05, 3.63) is 48.0 Å². The standard InChI is InChI=1S/C17H19N3O2.ClH/c1-20(2)11-10-18-17(21)12-6-5-9-15-16(12)19-13-7-3-4-8-14(13)22-15;/h3-9,19H,10-11H2,1-2H3,(H,18,21);1H. The summed E-state index contributed by atoms with van der Waals surface area (Å²) in [7, 11) is 3.95. The first kappa shape index (κ1) is 17.1. The zero-order valence-corrected chi connectivity index (χ0v) is 13.9. The van der Waals surface area contributed by atoms with Crippen molar-refractivity contribution in [1.29, 1.82) is 0 Å². The summed E-state index contributed by atoms with van der Waals surface area (Å²) in [5, 5.41) is 6.22. The van der Waals surface area contributed by atoms with Gasteiger partial charge >= 0.3 is 0 Å². The highest BCUT2D eigenvalue weighted by Crippen LogP contribution is 2.43. The second kappa shape index (κ2) is 7.35. The molecule has 0 spiro atoms. The van der Waals surface area contributed by atoms with E-state index in [1.807, 2.05) is 55.4 Å². The summed E-state index contributed by atoms with van der Waals surface area (Å²) in [4.78, 5) is 14.4. The van der Waals surface area contributed by atoms with Crippen molar-refractivity contribution in [2.75, 3.05) is 32.5 Å². The topological polar surface area (TPSA) is 53.6 Å². The molecule has 0 saturated heterocycles. The van der Waals surface area contributed by atoms with Crippen molar-refractivity contribution in [3.63, 3.8) is 0 Å². The maximum absolute atomic E-state index is 12.4. The Labute approximate surface area is 142 Å². The lowest BCUT2D eigenvalue weighted by Gasteiger charge is -2.23. The molecule has 0 aliphatic carbocycles. The molecule has 1 aliphatic rings. The zero-order valence-electron chi connectivity index (χ0n) is 13.1. The Morgan fingerprint density at radius 1 is 1.13 bits per heavy atom. The number of benzene rings is 2. The number of ether oxygens (including phenoxy) is 1. The van der Waals surface area contributed by atoms with Gasteiger partial charge in [-0.15, -0.1) is 12.4 Å². The van der Waals surface area contributed by atoms with Gasteiger partial charge in [0, 0.05) is 13.1 Å². The van der Waals surface area contributed by atoms with Gasteiger partial charge in [-0.2, -0.15) is 0 Å². The van der Waals surface area contributed by atoms with E-state index in [9.17, 15) is 4.79 Å². The van der Waals surface area contributed by atoms with E-state index >= 15 is 0 Å². The highest BCUT2D eigenvalue weighted by molar-refractivity contribution is 6.02. The van der Waals surface area contributed by atoms with Crippen LogP contribution in [0.25, 0.3) is 0 Å². The van der Waals surface area contributed by atoms with Gasteiger partial charge in [-0.05, 0) is 38.4 Å². The highest BCUT2D eigenvalue weighted by Gasteiger charge is 2.21. The number of fused-ring (bicyclic) bond motifs is 2. The lowest BCUT2D eigenvalue weighted by atomic mass is 10.1. The number of amides is 1. The van der Waals surface area contributed by atoms with Crippen molar-refractivity contribution < 1.29 is 9.53 Å². The van der Waals surface area contributed by atoms with Crippen LogP contribution in [0.15, 0.2) is 42.5 Å². The van der Waals surface area contributed by atoms with Crippen molar-refractivity contribution in [2.24, 2.45) is 0 Å². The summed E-state index contributed by atoms with van der Waals surface area (Å²) in [5.74, 6) is 1.33. The molecule has 5 nitrogen and oxygen atoms in total. The molecule has 122 valence electrons. The molecule has 0 unspecified atom stereocenters. The molecule has 2 aromatic rings. The van der Waals surface area contributed by atoms with E-state index in [0.717, 1.165) is 18.0 Å². The maximum atomic E-state index is 12.4. The van der Waals surface area contributed by atoms with E-state index in [-0.39, 0.29) is 18.3 Å². The van der Waals surface area contributed by atoms with Crippen LogP contribution in [0, 0.1) is 0 Å². The molecule has 2 aromatic carbocycles. The van der Waals surface area contributed by atoms with E-state index < -0.39 is 0 Å². The van der Waals surface area contributed by atoms with Crippen LogP contribution in [0.2, 0.25) is 0 Å². The largest absolute Gasteiger partial charge is 0.453 e. The van der Waals surface area contributed by atoms with Gasteiger partial charge in [0.25, 0.3) is 5.91 Å². The molecule has 3 rings (SSSR count). The minimum atomic E-state index is -0.103. The van der Waals surface area contributed by atoms with E-state index in [4.69, 9.17) is 4.74 Å². The maximum Gasteiger partial charge on any atom is 0.253 e. The monoisotopic (exact) mass is 333 g/mol. The Bertz CT molecular complexity index is 704. The third kappa shape index (κ3) is 3.75. The van der Waals surface area contributed by atoms with Gasteiger partial charge in [0.15, 0.2) is 11.5 Å². The summed E-state index contributed by atoms with van der Waals surface area (Å²) in [6, 6.07) is 13.2. The van der Waals surface area contributed by atoms with Gasteiger partial charge in [-0.1, -0.05) is 18.2 Å². The summed E-state index contributed by atoms with van der Waals surface area (Å²) in [6.07, 6.45) is 0. The number of halogens is 1. The fourth-order valence-electron chi connectivity index (χ4n) is 2.33. The fraction of sp³-hybridized carbons (Fsp3) is 0.235. The molecule has 1 amide bonds. The molecule has 0 bridgehead atoms. The van der Waals surface area contributed by atoms with Gasteiger partial charge in [0.05, 0.1) is 16.9 Å². The second-order valence-electron chi connectivity index (χ2n) is 5.46. The normalized spacial score (nSPS) is 11.4. The van der Waals surface area contributed by atoms with Crippen LogP contribution < -0.4 is 15.4 Å². The third-order valence-electron chi connectivity index (χ3n) is 3.48. The van der Waals surface area contributed by atoms with Crippen molar-refractivity contribution in [2.45, 2.75) is 0 Å². The second-order valence-corrected chi connectivity index (χ2v) is 5.46. The molecule has 23 heavy (non-hydrogen) atoms. The minimum Gasteiger partial charge on any atom is -0.453 e. The number of anilines is 2. The SMILES string of the molecule is CN(C)CCNC(=O)c1cccc2c1Nc1ccccc1O2.Cl. The Morgan fingerprint density at radius 3 is 2.65 bits per heavy atom. The Hall–Kier alpha value is -2.24. The van der Waals surface area contributed by atoms with Gasteiger partial charge in [-0.25, -0.2) is 0 Å². The number of likely N-dealkylation sites (N-methyl/N-ethyl adjacent to an activating group) is 1. The summed E-state index contributed by atoms with van der Waals surface area (Å²) in [5.41, 5.74) is 2.16. The van der Waals surface area contributed by atoms with Gasteiger partial charge in [-0.3, -0.25) is 4.79 Å². The van der Waals surface area contributed by atoms with Crippen molar-refractivity contribution in [3.8, 4) is 11.5 Å². The quantitative estimate of drug-likeness (QED) is 0.769. The summed E-state index contributed by atoms with van der Waals surface area (Å²) in [6.45, 7) is 1.40. The molecule has 2 N–H and O–H groups in total.